The van der Waals surface area contributed by atoms with Crippen LogP contribution >= 0.6 is 0 Å². The third-order valence-corrected chi connectivity index (χ3v) is 5.00. The number of nitrogens with zero attached hydrogens (tertiary/aromatic N) is 1. The van der Waals surface area contributed by atoms with Gasteiger partial charge in [0.2, 0.25) is 0 Å². The van der Waals surface area contributed by atoms with Gasteiger partial charge < -0.3 is 9.64 Å². The quantitative estimate of drug-likeness (QED) is 0.812. The van der Waals surface area contributed by atoms with Crippen LogP contribution in [-0.4, -0.2) is 32.1 Å². The highest BCUT2D eigenvalue weighted by molar-refractivity contribution is 5.88. The molecule has 3 heteroatoms. The summed E-state index contributed by atoms with van der Waals surface area (Å²) in [7, 11) is 5.66. The molecule has 23 heavy (non-hydrogen) atoms. The van der Waals surface area contributed by atoms with Crippen LogP contribution in [0.4, 0.5) is 0 Å². The Kier molecular flexibility index (Phi) is 4.22. The monoisotopic (exact) mass is 309 g/mol. The molecular weight excluding hydrogens is 286 g/mol. The van der Waals surface area contributed by atoms with Crippen LogP contribution in [0.25, 0.3) is 0 Å². The Hall–Kier alpha value is -2.13. The van der Waals surface area contributed by atoms with Crippen molar-refractivity contribution in [3.63, 3.8) is 0 Å². The second-order valence-electron chi connectivity index (χ2n) is 6.37. The van der Waals surface area contributed by atoms with E-state index in [-0.39, 0.29) is 5.97 Å². The summed E-state index contributed by atoms with van der Waals surface area (Å²) in [5.74, 6) is -0.173. The smallest absolute Gasteiger partial charge is 0.320 e. The van der Waals surface area contributed by atoms with Gasteiger partial charge in [-0.2, -0.15) is 0 Å². The van der Waals surface area contributed by atoms with Crippen LogP contribution in [-0.2, 0) is 14.9 Å². The largest absolute Gasteiger partial charge is 0.468 e. The van der Waals surface area contributed by atoms with Crippen molar-refractivity contribution in [2.45, 2.75) is 24.3 Å². The van der Waals surface area contributed by atoms with Gasteiger partial charge in [-0.1, -0.05) is 54.6 Å². The van der Waals surface area contributed by atoms with Gasteiger partial charge in [0.1, 0.15) is 5.41 Å². The average molecular weight is 309 g/mol. The van der Waals surface area contributed by atoms with Crippen LogP contribution in [0.1, 0.15) is 35.6 Å². The van der Waals surface area contributed by atoms with Crippen molar-refractivity contribution in [1.82, 2.24) is 4.90 Å². The second kappa shape index (κ2) is 6.17. The number of carbonyl (C=O) groups is 1. The van der Waals surface area contributed by atoms with E-state index in [0.717, 1.165) is 24.0 Å². The van der Waals surface area contributed by atoms with Crippen molar-refractivity contribution in [2.75, 3.05) is 21.2 Å². The second-order valence-corrected chi connectivity index (χ2v) is 6.37. The van der Waals surface area contributed by atoms with E-state index in [1.807, 2.05) is 42.5 Å². The Morgan fingerprint density at radius 3 is 2.39 bits per heavy atom. The Balaban J connectivity index is 2.25. The van der Waals surface area contributed by atoms with Crippen molar-refractivity contribution in [1.29, 1.82) is 0 Å². The predicted octanol–water partition coefficient (Wildman–Crippen LogP) is 3.54. The molecule has 0 aliphatic heterocycles. The van der Waals surface area contributed by atoms with Crippen LogP contribution < -0.4 is 0 Å². The Morgan fingerprint density at radius 2 is 1.74 bits per heavy atom. The first-order chi connectivity index (χ1) is 11.1. The highest BCUT2D eigenvalue weighted by atomic mass is 16.5. The van der Waals surface area contributed by atoms with Gasteiger partial charge in [-0.15, -0.1) is 0 Å². The molecule has 2 aromatic rings. The molecule has 120 valence electrons. The van der Waals surface area contributed by atoms with E-state index in [1.165, 1.54) is 12.7 Å². The van der Waals surface area contributed by atoms with Crippen molar-refractivity contribution < 1.29 is 9.53 Å². The minimum Gasteiger partial charge on any atom is -0.468 e. The van der Waals surface area contributed by atoms with Crippen molar-refractivity contribution >= 4 is 5.97 Å². The van der Waals surface area contributed by atoms with Gasteiger partial charge in [-0.25, -0.2) is 0 Å². The number of esters is 1. The molecule has 0 aromatic heterocycles. The minimum absolute atomic E-state index is 0.173. The van der Waals surface area contributed by atoms with E-state index in [4.69, 9.17) is 4.74 Å². The molecule has 1 aliphatic rings. The zero-order chi connectivity index (χ0) is 16.4. The first-order valence-electron chi connectivity index (χ1n) is 8.01. The number of hydrogen-bond donors (Lipinski definition) is 0. The molecular formula is C20H23NO2. The van der Waals surface area contributed by atoms with Crippen LogP contribution in [0, 0.1) is 0 Å². The fourth-order valence-electron chi connectivity index (χ4n) is 3.88. The van der Waals surface area contributed by atoms with Crippen LogP contribution in [0.3, 0.4) is 0 Å². The maximum absolute atomic E-state index is 12.9. The summed E-state index contributed by atoms with van der Waals surface area (Å²) in [6.45, 7) is 0. The summed E-state index contributed by atoms with van der Waals surface area (Å²) >= 11 is 0. The lowest BCUT2D eigenvalue weighted by atomic mass is 9.64. The van der Waals surface area contributed by atoms with Crippen LogP contribution in [0.2, 0.25) is 0 Å². The van der Waals surface area contributed by atoms with Crippen molar-refractivity contribution in [3.05, 3.63) is 71.3 Å². The van der Waals surface area contributed by atoms with E-state index in [1.54, 1.807) is 0 Å². The molecule has 3 rings (SSSR count). The van der Waals surface area contributed by atoms with E-state index in [9.17, 15) is 4.79 Å². The molecule has 0 fully saturated rings. The van der Waals surface area contributed by atoms with Gasteiger partial charge in [0.15, 0.2) is 0 Å². The molecule has 3 nitrogen and oxygen atoms in total. The van der Waals surface area contributed by atoms with Crippen molar-refractivity contribution in [3.8, 4) is 0 Å². The number of benzene rings is 2. The molecule has 1 aliphatic carbocycles. The molecule has 0 spiro atoms. The Bertz CT molecular complexity index is 696. The number of carbonyl (C=O) groups excluding carboxylic acids is 1. The van der Waals surface area contributed by atoms with Crippen LogP contribution in [0.15, 0.2) is 54.6 Å². The zero-order valence-electron chi connectivity index (χ0n) is 14.0. The molecule has 1 unspecified atom stereocenters. The molecule has 0 bridgehead atoms. The van der Waals surface area contributed by atoms with Gasteiger partial charge >= 0.3 is 5.97 Å². The van der Waals surface area contributed by atoms with E-state index < -0.39 is 5.41 Å². The minimum atomic E-state index is -0.709. The Morgan fingerprint density at radius 1 is 1.09 bits per heavy atom. The highest BCUT2D eigenvalue weighted by Crippen LogP contribution is 2.48. The molecule has 0 saturated carbocycles. The summed E-state index contributed by atoms with van der Waals surface area (Å²) in [5.41, 5.74) is 2.59. The van der Waals surface area contributed by atoms with E-state index in [0.29, 0.717) is 6.04 Å². The summed E-state index contributed by atoms with van der Waals surface area (Å²) in [4.78, 5) is 15.1. The molecule has 0 N–H and O–H groups in total. The molecule has 0 amide bonds. The number of ether oxygens (including phenoxy) is 1. The van der Waals surface area contributed by atoms with E-state index in [2.05, 4.69) is 31.1 Å². The summed E-state index contributed by atoms with van der Waals surface area (Å²) < 4.78 is 5.25. The summed E-state index contributed by atoms with van der Waals surface area (Å²) in [6.07, 6.45) is 1.68. The third-order valence-electron chi connectivity index (χ3n) is 5.00. The highest BCUT2D eigenvalue weighted by Gasteiger charge is 2.48. The third kappa shape index (κ3) is 2.45. The molecule has 2 aromatic carbocycles. The molecule has 0 saturated heterocycles. The maximum Gasteiger partial charge on any atom is 0.320 e. The van der Waals surface area contributed by atoms with Gasteiger partial charge in [0.05, 0.1) is 7.11 Å². The van der Waals surface area contributed by atoms with Crippen LogP contribution in [0.5, 0.6) is 0 Å². The van der Waals surface area contributed by atoms with E-state index >= 15 is 0 Å². The number of fused-ring (bicyclic) bond motifs is 1. The van der Waals surface area contributed by atoms with Gasteiger partial charge in [0, 0.05) is 6.04 Å². The molecule has 0 heterocycles. The zero-order valence-corrected chi connectivity index (χ0v) is 14.0. The number of hydrogen-bond acceptors (Lipinski definition) is 3. The normalized spacial score (nSPS) is 23.4. The lowest BCUT2D eigenvalue weighted by Gasteiger charge is -2.42. The standard InChI is InChI=1S/C20H23NO2/c1-21(2)18-13-14-20(19(22)23-3,15-9-5-4-6-10-15)17-12-8-7-11-16(17)18/h4-12,18H,13-14H2,1-3H3/t18?,20-/m1/s1. The van der Waals surface area contributed by atoms with Gasteiger partial charge in [-0.05, 0) is 43.6 Å². The number of methoxy groups -OCH3 is 1. The summed E-state index contributed by atoms with van der Waals surface area (Å²) in [5, 5.41) is 0. The molecule has 0 radical (unpaired) electrons. The maximum atomic E-state index is 12.9. The summed E-state index contributed by atoms with van der Waals surface area (Å²) in [6, 6.07) is 18.6. The fraction of sp³-hybridized carbons (Fsp3) is 0.350. The lowest BCUT2D eigenvalue weighted by Crippen LogP contribution is -2.43. The number of rotatable bonds is 3. The molecule has 2 atom stereocenters. The fourth-order valence-corrected chi connectivity index (χ4v) is 3.88. The predicted molar refractivity (Wildman–Crippen MR) is 91.3 cm³/mol. The average Bonchev–Trinajstić information content (AvgIpc) is 2.60. The lowest BCUT2D eigenvalue weighted by molar-refractivity contribution is -0.146. The van der Waals surface area contributed by atoms with Gasteiger partial charge in [-0.3, -0.25) is 4.79 Å². The SMILES string of the molecule is COC(=O)[C@@]1(c2ccccc2)CCC(N(C)C)c2ccccc21. The topological polar surface area (TPSA) is 29.5 Å². The van der Waals surface area contributed by atoms with Crippen molar-refractivity contribution in [2.24, 2.45) is 0 Å². The first kappa shape index (κ1) is 15.8. The Labute approximate surface area is 137 Å². The first-order valence-corrected chi connectivity index (χ1v) is 8.01. The van der Waals surface area contributed by atoms with Gasteiger partial charge in [0.25, 0.3) is 0 Å².